The lowest BCUT2D eigenvalue weighted by molar-refractivity contribution is -0.263. The highest BCUT2D eigenvalue weighted by Crippen LogP contribution is 2.41. The molecule has 68 valence electrons. The van der Waals surface area contributed by atoms with Crippen LogP contribution in [0.15, 0.2) is 0 Å². The summed E-state index contributed by atoms with van der Waals surface area (Å²) in [5, 5.41) is 0. The third kappa shape index (κ3) is 3.39. The fourth-order valence-electron chi connectivity index (χ4n) is 0.179. The summed E-state index contributed by atoms with van der Waals surface area (Å²) in [7, 11) is 0. The largest absolute Gasteiger partial charge is 0.447 e. The zero-order valence-electron chi connectivity index (χ0n) is 4.63. The number of ether oxygens (including phenoxy) is 1. The molecule has 0 radical (unpaired) electrons. The van der Waals surface area contributed by atoms with E-state index in [1.165, 1.54) is 0 Å². The summed E-state index contributed by atoms with van der Waals surface area (Å²) in [6, 6.07) is 0. The molecule has 0 aromatic rings. The second-order valence-corrected chi connectivity index (χ2v) is 2.65. The van der Waals surface area contributed by atoms with E-state index in [1.54, 1.807) is 0 Å². The average molecular weight is 219 g/mol. The summed E-state index contributed by atoms with van der Waals surface area (Å²) < 4.78 is 55.8. The molecule has 0 aromatic carbocycles. The highest BCUT2D eigenvalue weighted by atomic mass is 35.5. The van der Waals surface area contributed by atoms with Crippen LogP contribution in [0.2, 0.25) is 0 Å². The van der Waals surface area contributed by atoms with Gasteiger partial charge in [0.1, 0.15) is 0 Å². The maximum absolute atomic E-state index is 11.5. The number of rotatable bonds is 2. The molecule has 0 aliphatic carbocycles. The lowest BCUT2D eigenvalue weighted by Crippen LogP contribution is -2.38. The molecule has 0 N–H and O–H groups in total. The van der Waals surface area contributed by atoms with Gasteiger partial charge in [-0.3, -0.25) is 4.74 Å². The van der Waals surface area contributed by atoms with E-state index in [9.17, 15) is 22.0 Å². The van der Waals surface area contributed by atoms with E-state index in [2.05, 4.69) is 27.9 Å². The van der Waals surface area contributed by atoms with E-state index >= 15 is 0 Å². The number of alkyl halides is 7. The Bertz CT molecular complexity index is 132. The van der Waals surface area contributed by atoms with Gasteiger partial charge in [0.15, 0.2) is 0 Å². The van der Waals surface area contributed by atoms with Gasteiger partial charge in [-0.05, 0) is 0 Å². The second kappa shape index (κ2) is 3.28. The van der Waals surface area contributed by atoms with Gasteiger partial charge in [0, 0.05) is 0 Å². The molecule has 0 bridgehead atoms. The van der Waals surface area contributed by atoms with Crippen LogP contribution in [0.5, 0.6) is 0 Å². The fraction of sp³-hybridized carbons (Fsp3) is 1.00. The van der Waals surface area contributed by atoms with Gasteiger partial charge in [-0.25, -0.2) is 0 Å². The molecule has 0 saturated heterocycles. The summed E-state index contributed by atoms with van der Waals surface area (Å²) in [4.78, 5) is 0. The summed E-state index contributed by atoms with van der Waals surface area (Å²) in [6.45, 7) is -3.67. The minimum absolute atomic E-state index is 2.87. The molecular weight excluding hydrogens is 218 g/mol. The lowest BCUT2D eigenvalue weighted by atomic mass is 10.7. The van der Waals surface area contributed by atoms with Gasteiger partial charge >= 0.3 is 17.3 Å². The van der Waals surface area contributed by atoms with Gasteiger partial charge in [-0.2, -0.15) is 22.0 Å². The van der Waals surface area contributed by atoms with Crippen molar-refractivity contribution in [3.63, 3.8) is 0 Å². The van der Waals surface area contributed by atoms with Crippen molar-refractivity contribution in [1.82, 2.24) is 0 Å². The molecule has 0 atom stereocenters. The zero-order chi connectivity index (χ0) is 9.28. The molecule has 1 nitrogen and oxygen atoms in total. The molecule has 0 aliphatic rings. The summed E-state index contributed by atoms with van der Waals surface area (Å²) in [6.07, 6.45) is -5.24. The Morgan fingerprint density at radius 2 is 1.45 bits per heavy atom. The standard InChI is InChI=1S/C3HCl2F5O/c4-2(5,3(8,9)10)11-1(6)7/h1H. The van der Waals surface area contributed by atoms with Crippen molar-refractivity contribution < 1.29 is 26.7 Å². The normalized spacial score (nSPS) is 14.2. The molecule has 0 aromatic heterocycles. The van der Waals surface area contributed by atoms with Crippen LogP contribution >= 0.6 is 23.2 Å². The molecule has 11 heavy (non-hydrogen) atoms. The smallest absolute Gasteiger partial charge is 0.278 e. The molecule has 0 aliphatic heterocycles. The van der Waals surface area contributed by atoms with Crippen LogP contribution in [-0.2, 0) is 4.74 Å². The molecule has 8 heteroatoms. The Labute approximate surface area is 68.0 Å². The first-order valence-corrected chi connectivity index (χ1v) is 2.83. The van der Waals surface area contributed by atoms with Crippen molar-refractivity contribution >= 4 is 23.2 Å². The van der Waals surface area contributed by atoms with Crippen molar-refractivity contribution in [2.75, 3.05) is 0 Å². The van der Waals surface area contributed by atoms with Gasteiger partial charge in [0.25, 0.3) is 0 Å². The van der Waals surface area contributed by atoms with Gasteiger partial charge in [-0.1, -0.05) is 23.2 Å². The molecule has 0 spiro atoms. The minimum Gasteiger partial charge on any atom is -0.278 e. The second-order valence-electron chi connectivity index (χ2n) is 1.39. The maximum Gasteiger partial charge on any atom is 0.447 e. The Morgan fingerprint density at radius 3 is 1.55 bits per heavy atom. The Kier molecular flexibility index (Phi) is 3.34. The van der Waals surface area contributed by atoms with E-state index < -0.39 is 17.3 Å². The van der Waals surface area contributed by atoms with Crippen molar-refractivity contribution in [3.05, 3.63) is 0 Å². The predicted molar refractivity (Wildman–Crippen MR) is 27.6 cm³/mol. The number of hydrogen-bond acceptors (Lipinski definition) is 1. The van der Waals surface area contributed by atoms with E-state index in [0.717, 1.165) is 0 Å². The van der Waals surface area contributed by atoms with Crippen LogP contribution in [-0.4, -0.2) is 17.3 Å². The summed E-state index contributed by atoms with van der Waals surface area (Å²) >= 11 is 8.69. The van der Waals surface area contributed by atoms with Gasteiger partial charge < -0.3 is 0 Å². The first-order chi connectivity index (χ1) is 4.67. The quantitative estimate of drug-likeness (QED) is 0.512. The zero-order valence-corrected chi connectivity index (χ0v) is 6.14. The first-order valence-electron chi connectivity index (χ1n) is 2.07. The Hall–Kier alpha value is 0.190. The maximum atomic E-state index is 11.5. The van der Waals surface area contributed by atoms with Gasteiger partial charge in [-0.15, -0.1) is 0 Å². The monoisotopic (exact) mass is 218 g/mol. The van der Waals surface area contributed by atoms with Crippen molar-refractivity contribution in [3.8, 4) is 0 Å². The van der Waals surface area contributed by atoms with Crippen LogP contribution in [0.4, 0.5) is 22.0 Å². The van der Waals surface area contributed by atoms with E-state index in [1.807, 2.05) is 0 Å². The Balaban J connectivity index is 4.22. The molecule has 0 fully saturated rings. The van der Waals surface area contributed by atoms with Gasteiger partial charge in [0.05, 0.1) is 0 Å². The fourth-order valence-corrected chi connectivity index (χ4v) is 0.313. The topological polar surface area (TPSA) is 9.23 Å². The average Bonchev–Trinajstić information content (AvgIpc) is 1.56. The predicted octanol–water partition coefficient (Wildman–Crippen LogP) is 2.92. The minimum atomic E-state index is -5.24. The third-order valence-electron chi connectivity index (χ3n) is 0.567. The van der Waals surface area contributed by atoms with Crippen LogP contribution in [0, 0.1) is 0 Å². The molecule has 0 heterocycles. The van der Waals surface area contributed by atoms with Crippen LogP contribution in [0.25, 0.3) is 0 Å². The van der Waals surface area contributed by atoms with E-state index in [4.69, 9.17) is 0 Å². The van der Waals surface area contributed by atoms with Crippen LogP contribution in [0.1, 0.15) is 0 Å². The summed E-state index contributed by atoms with van der Waals surface area (Å²) in [5.41, 5.74) is 0. The molecule has 0 saturated carbocycles. The first kappa shape index (κ1) is 11.2. The van der Waals surface area contributed by atoms with Crippen LogP contribution in [0.3, 0.4) is 0 Å². The highest BCUT2D eigenvalue weighted by Gasteiger charge is 2.56. The number of hydrogen-bond donors (Lipinski definition) is 0. The lowest BCUT2D eigenvalue weighted by Gasteiger charge is -2.21. The van der Waals surface area contributed by atoms with Gasteiger partial charge in [0.2, 0.25) is 0 Å². The summed E-state index contributed by atoms with van der Waals surface area (Å²) in [5.74, 6) is 0. The van der Waals surface area contributed by atoms with Crippen molar-refractivity contribution in [1.29, 1.82) is 0 Å². The molecule has 0 amide bonds. The highest BCUT2D eigenvalue weighted by molar-refractivity contribution is 6.47. The SMILES string of the molecule is FC(F)OC(Cl)(Cl)C(F)(F)F. The van der Waals surface area contributed by atoms with Crippen molar-refractivity contribution in [2.24, 2.45) is 0 Å². The molecule has 0 unspecified atom stereocenters. The molecule has 0 rings (SSSR count). The van der Waals surface area contributed by atoms with E-state index in [0.29, 0.717) is 0 Å². The third-order valence-corrected chi connectivity index (χ3v) is 1.17. The van der Waals surface area contributed by atoms with Crippen molar-refractivity contribution in [2.45, 2.75) is 17.3 Å². The molecular formula is C3HCl2F5O. The number of halogens is 7. The van der Waals surface area contributed by atoms with Crippen LogP contribution < -0.4 is 0 Å². The Morgan fingerprint density at radius 1 is 1.09 bits per heavy atom. The van der Waals surface area contributed by atoms with E-state index in [-0.39, 0.29) is 0 Å².